The second kappa shape index (κ2) is 9.48. The first-order chi connectivity index (χ1) is 12.4. The molecule has 10 nitrogen and oxygen atoms in total. The summed E-state index contributed by atoms with van der Waals surface area (Å²) in [5.74, 6) is -3.01. The highest BCUT2D eigenvalue weighted by molar-refractivity contribution is 5.72. The van der Waals surface area contributed by atoms with Crippen LogP contribution < -0.4 is 0 Å². The number of carbonyl (C=O) groups is 4. The third-order valence-corrected chi connectivity index (χ3v) is 4.07. The molecule has 2 N–H and O–H groups in total. The maximum absolute atomic E-state index is 11.7. The molecule has 2 rings (SSSR count). The topological polar surface area (TPSA) is 146 Å². The number of hydrogen-bond acceptors (Lipinski definition) is 8. The fourth-order valence-electron chi connectivity index (χ4n) is 2.85. The summed E-state index contributed by atoms with van der Waals surface area (Å²) in [6.07, 6.45) is -2.23. The monoisotopic (exact) mass is 374 g/mol. The molecule has 0 spiro atoms. The third-order valence-electron chi connectivity index (χ3n) is 4.07. The van der Waals surface area contributed by atoms with E-state index in [4.69, 9.17) is 29.2 Å². The molecule has 4 atom stereocenters. The van der Waals surface area contributed by atoms with Crippen LogP contribution in [0.25, 0.3) is 0 Å². The lowest BCUT2D eigenvalue weighted by Gasteiger charge is -2.17. The summed E-state index contributed by atoms with van der Waals surface area (Å²) in [5.41, 5.74) is 0. The van der Waals surface area contributed by atoms with Crippen molar-refractivity contribution in [3.8, 4) is 0 Å². The fraction of sp³-hybridized carbons (Fsp3) is 0.750. The second-order valence-corrected chi connectivity index (χ2v) is 6.15. The van der Waals surface area contributed by atoms with Gasteiger partial charge in [-0.2, -0.15) is 0 Å². The van der Waals surface area contributed by atoms with Crippen LogP contribution >= 0.6 is 0 Å². The van der Waals surface area contributed by atoms with Gasteiger partial charge in [0.1, 0.15) is 12.2 Å². The minimum absolute atomic E-state index is 0.0117. The quantitative estimate of drug-likeness (QED) is 0.505. The molecule has 10 heteroatoms. The molecule has 0 aromatic rings. The summed E-state index contributed by atoms with van der Waals surface area (Å²) in [6, 6.07) is 0. The lowest BCUT2D eigenvalue weighted by molar-refractivity contribution is -0.155. The largest absolute Gasteiger partial charge is 0.481 e. The second-order valence-electron chi connectivity index (χ2n) is 6.15. The van der Waals surface area contributed by atoms with Crippen molar-refractivity contribution >= 4 is 23.9 Å². The third kappa shape index (κ3) is 5.95. The number of carboxylic acids is 2. The van der Waals surface area contributed by atoms with Crippen molar-refractivity contribution in [2.24, 2.45) is 0 Å². The molecule has 0 saturated carbocycles. The Kier molecular flexibility index (Phi) is 7.34. The zero-order valence-electron chi connectivity index (χ0n) is 14.1. The van der Waals surface area contributed by atoms with Gasteiger partial charge in [0, 0.05) is 25.7 Å². The maximum atomic E-state index is 11.7. The number of carboxylic acid groups (broad SMARTS) is 2. The van der Waals surface area contributed by atoms with Crippen molar-refractivity contribution in [3.05, 3.63) is 0 Å². The first kappa shape index (κ1) is 20.1. The lowest BCUT2D eigenvalue weighted by atomic mass is 10.1. The molecule has 26 heavy (non-hydrogen) atoms. The zero-order chi connectivity index (χ0) is 19.1. The Morgan fingerprint density at radius 2 is 1.12 bits per heavy atom. The fourth-order valence-corrected chi connectivity index (χ4v) is 2.85. The summed E-state index contributed by atoms with van der Waals surface area (Å²) >= 11 is 0. The number of fused-ring (bicyclic) bond motifs is 1. The standard InChI is InChI=1S/C16H22O10/c17-11(18)3-1-5-13(21)25-9-7-23-16-10(8-24-15(9)16)26-14(22)6-2-4-12(19)20/h9-10,15-16H,1-8H2,(H,17,18)(H,19,20)/t9-,10?,15+,16+/m0/s1. The van der Waals surface area contributed by atoms with Gasteiger partial charge in [0.15, 0.2) is 12.2 Å². The molecule has 0 aliphatic carbocycles. The minimum Gasteiger partial charge on any atom is -0.481 e. The van der Waals surface area contributed by atoms with Crippen molar-refractivity contribution < 1.29 is 48.3 Å². The van der Waals surface area contributed by atoms with Crippen LogP contribution in [0.2, 0.25) is 0 Å². The van der Waals surface area contributed by atoms with E-state index in [1.54, 1.807) is 0 Å². The maximum Gasteiger partial charge on any atom is 0.306 e. The zero-order valence-corrected chi connectivity index (χ0v) is 14.1. The molecular formula is C16H22O10. The molecule has 0 aromatic carbocycles. The molecule has 2 heterocycles. The average molecular weight is 374 g/mol. The predicted molar refractivity (Wildman–Crippen MR) is 82.2 cm³/mol. The van der Waals surface area contributed by atoms with Crippen molar-refractivity contribution in [2.45, 2.75) is 62.9 Å². The Balaban J connectivity index is 1.72. The van der Waals surface area contributed by atoms with E-state index in [2.05, 4.69) is 0 Å². The number of carbonyl (C=O) groups excluding carboxylic acids is 2. The van der Waals surface area contributed by atoms with Gasteiger partial charge in [-0.25, -0.2) is 0 Å². The van der Waals surface area contributed by atoms with E-state index in [0.29, 0.717) is 0 Å². The molecule has 2 aliphatic rings. The van der Waals surface area contributed by atoms with Gasteiger partial charge in [-0.3, -0.25) is 19.2 Å². The summed E-state index contributed by atoms with van der Waals surface area (Å²) < 4.78 is 21.6. The highest BCUT2D eigenvalue weighted by atomic mass is 16.7. The van der Waals surface area contributed by atoms with E-state index in [-0.39, 0.29) is 51.7 Å². The van der Waals surface area contributed by atoms with Gasteiger partial charge in [0.25, 0.3) is 0 Å². The van der Waals surface area contributed by atoms with Crippen LogP contribution in [0.1, 0.15) is 38.5 Å². The van der Waals surface area contributed by atoms with Crippen LogP contribution in [0.4, 0.5) is 0 Å². The SMILES string of the molecule is O=C(O)CCCC(=O)OC1CO[C@@H]2[C@@H](OC(=O)CCCC(=O)O)CO[C@H]12. The highest BCUT2D eigenvalue weighted by Gasteiger charge is 2.51. The Bertz CT molecular complexity index is 497. The van der Waals surface area contributed by atoms with E-state index in [1.165, 1.54) is 0 Å². The van der Waals surface area contributed by atoms with Gasteiger partial charge in [-0.15, -0.1) is 0 Å². The van der Waals surface area contributed by atoms with Crippen molar-refractivity contribution in [2.75, 3.05) is 13.2 Å². The molecule has 2 saturated heterocycles. The number of ether oxygens (including phenoxy) is 4. The molecule has 0 bridgehead atoms. The smallest absolute Gasteiger partial charge is 0.306 e. The van der Waals surface area contributed by atoms with E-state index in [0.717, 1.165) is 0 Å². The average Bonchev–Trinajstić information content (AvgIpc) is 3.10. The molecule has 0 amide bonds. The van der Waals surface area contributed by atoms with Crippen molar-refractivity contribution in [3.63, 3.8) is 0 Å². The molecule has 0 radical (unpaired) electrons. The molecule has 2 fully saturated rings. The highest BCUT2D eigenvalue weighted by Crippen LogP contribution is 2.31. The van der Waals surface area contributed by atoms with Gasteiger partial charge in [-0.1, -0.05) is 0 Å². The van der Waals surface area contributed by atoms with Crippen LogP contribution in [-0.2, 0) is 38.1 Å². The normalized spacial score (nSPS) is 26.9. The van der Waals surface area contributed by atoms with Crippen LogP contribution in [-0.4, -0.2) is 71.7 Å². The Morgan fingerprint density at radius 1 is 0.731 bits per heavy atom. The predicted octanol–water partition coefficient (Wildman–Crippen LogP) is 0.117. The Morgan fingerprint density at radius 3 is 1.46 bits per heavy atom. The number of aliphatic carboxylic acids is 2. The Labute approximate surface area is 149 Å². The number of esters is 2. The van der Waals surface area contributed by atoms with Crippen LogP contribution in [0, 0.1) is 0 Å². The van der Waals surface area contributed by atoms with Gasteiger partial charge in [0.2, 0.25) is 0 Å². The molecule has 1 unspecified atom stereocenters. The lowest BCUT2D eigenvalue weighted by Crippen LogP contribution is -2.36. The van der Waals surface area contributed by atoms with Crippen LogP contribution in [0.5, 0.6) is 0 Å². The molecule has 146 valence electrons. The van der Waals surface area contributed by atoms with E-state index in [1.807, 2.05) is 0 Å². The first-order valence-electron chi connectivity index (χ1n) is 8.42. The van der Waals surface area contributed by atoms with Crippen molar-refractivity contribution in [1.29, 1.82) is 0 Å². The van der Waals surface area contributed by atoms with Gasteiger partial charge >= 0.3 is 23.9 Å². The summed E-state index contributed by atoms with van der Waals surface area (Å²) in [6.45, 7) is 0.208. The molecular weight excluding hydrogens is 352 g/mol. The summed E-state index contributed by atoms with van der Waals surface area (Å²) in [7, 11) is 0. The first-order valence-corrected chi connectivity index (χ1v) is 8.42. The number of hydrogen-bond donors (Lipinski definition) is 2. The minimum atomic E-state index is -0.978. The molecule has 2 aliphatic heterocycles. The van der Waals surface area contributed by atoms with Gasteiger partial charge < -0.3 is 29.2 Å². The van der Waals surface area contributed by atoms with Crippen LogP contribution in [0.15, 0.2) is 0 Å². The van der Waals surface area contributed by atoms with Crippen LogP contribution in [0.3, 0.4) is 0 Å². The van der Waals surface area contributed by atoms with E-state index < -0.39 is 48.3 Å². The number of rotatable bonds is 10. The van der Waals surface area contributed by atoms with Gasteiger partial charge in [-0.05, 0) is 12.8 Å². The Hall–Kier alpha value is -2.20. The van der Waals surface area contributed by atoms with Crippen molar-refractivity contribution in [1.82, 2.24) is 0 Å². The van der Waals surface area contributed by atoms with Gasteiger partial charge in [0.05, 0.1) is 13.2 Å². The summed E-state index contributed by atoms with van der Waals surface area (Å²) in [4.78, 5) is 44.4. The van der Waals surface area contributed by atoms with E-state index >= 15 is 0 Å². The summed E-state index contributed by atoms with van der Waals surface area (Å²) in [5, 5.41) is 17.1. The van der Waals surface area contributed by atoms with E-state index in [9.17, 15) is 19.2 Å². The molecule has 0 aromatic heterocycles.